The second kappa shape index (κ2) is 6.78. The first-order valence-electron chi connectivity index (χ1n) is 4.75. The fraction of sp³-hybridized carbons (Fsp3) is 0.875. The molecule has 1 amide bonds. The Balaban J connectivity index is 3.66. The highest BCUT2D eigenvalue weighted by atomic mass is 32.2. The van der Waals surface area contributed by atoms with Crippen LogP contribution in [0.2, 0.25) is 0 Å². The molecule has 0 aliphatic carbocycles. The first-order valence-corrected chi connectivity index (χ1v) is 6.40. The molecule has 84 valence electrons. The standard InChI is InChI=1S/C8H18N2O3S/c1-2-14(12,13)10-8(11)6-4-3-5-7-9/h2-7,9H2,1H3,(H,10,11). The lowest BCUT2D eigenvalue weighted by Crippen LogP contribution is -2.31. The number of sulfonamides is 1. The molecular formula is C8H18N2O3S. The van der Waals surface area contributed by atoms with Crippen LogP contribution < -0.4 is 10.5 Å². The molecule has 0 heterocycles. The summed E-state index contributed by atoms with van der Waals surface area (Å²) in [7, 11) is -3.39. The number of hydrogen-bond donors (Lipinski definition) is 2. The number of unbranched alkanes of at least 4 members (excludes halogenated alkanes) is 2. The van der Waals surface area contributed by atoms with Crippen molar-refractivity contribution in [2.24, 2.45) is 5.73 Å². The van der Waals surface area contributed by atoms with E-state index < -0.39 is 15.9 Å². The van der Waals surface area contributed by atoms with E-state index in [0.717, 1.165) is 12.8 Å². The van der Waals surface area contributed by atoms with E-state index in [1.807, 2.05) is 4.72 Å². The number of amides is 1. The predicted molar refractivity (Wildman–Crippen MR) is 55.1 cm³/mol. The van der Waals surface area contributed by atoms with Gasteiger partial charge in [0.05, 0.1) is 5.75 Å². The molecule has 0 bridgehead atoms. The zero-order valence-electron chi connectivity index (χ0n) is 8.45. The number of carbonyl (C=O) groups excluding carboxylic acids is 1. The normalized spacial score (nSPS) is 11.3. The number of hydrogen-bond acceptors (Lipinski definition) is 4. The van der Waals surface area contributed by atoms with Gasteiger partial charge in [-0.2, -0.15) is 0 Å². The largest absolute Gasteiger partial charge is 0.330 e. The highest BCUT2D eigenvalue weighted by molar-refractivity contribution is 7.90. The second-order valence-electron chi connectivity index (χ2n) is 3.03. The maximum atomic E-state index is 11.1. The molecule has 0 atom stereocenters. The summed E-state index contributed by atoms with van der Waals surface area (Å²) >= 11 is 0. The first-order chi connectivity index (χ1) is 6.52. The van der Waals surface area contributed by atoms with Crippen molar-refractivity contribution in [3.63, 3.8) is 0 Å². The minimum atomic E-state index is -3.39. The highest BCUT2D eigenvalue weighted by Gasteiger charge is 2.10. The SMILES string of the molecule is CCS(=O)(=O)NC(=O)CCCCCN. The van der Waals surface area contributed by atoms with Crippen molar-refractivity contribution in [3.05, 3.63) is 0 Å². The van der Waals surface area contributed by atoms with Crippen molar-refractivity contribution < 1.29 is 13.2 Å². The topological polar surface area (TPSA) is 89.3 Å². The third-order valence-corrected chi connectivity index (χ3v) is 3.06. The molecule has 3 N–H and O–H groups in total. The van der Waals surface area contributed by atoms with Crippen molar-refractivity contribution in [3.8, 4) is 0 Å². The molecule has 0 spiro atoms. The van der Waals surface area contributed by atoms with Gasteiger partial charge in [0.25, 0.3) is 0 Å². The Labute approximate surface area is 85.1 Å². The molecule has 0 fully saturated rings. The van der Waals surface area contributed by atoms with Gasteiger partial charge in [0.1, 0.15) is 0 Å². The Morgan fingerprint density at radius 3 is 2.43 bits per heavy atom. The molecule has 0 aromatic heterocycles. The Morgan fingerprint density at radius 1 is 1.29 bits per heavy atom. The van der Waals surface area contributed by atoms with Crippen LogP contribution in [0, 0.1) is 0 Å². The Bertz CT molecular complexity index is 262. The number of rotatable bonds is 7. The van der Waals surface area contributed by atoms with Crippen LogP contribution in [-0.4, -0.2) is 26.6 Å². The number of nitrogens with two attached hydrogens (primary N) is 1. The van der Waals surface area contributed by atoms with Gasteiger partial charge in [0, 0.05) is 6.42 Å². The van der Waals surface area contributed by atoms with E-state index in [0.29, 0.717) is 13.0 Å². The van der Waals surface area contributed by atoms with Gasteiger partial charge >= 0.3 is 0 Å². The molecule has 0 aromatic carbocycles. The summed E-state index contributed by atoms with van der Waals surface area (Å²) in [6.07, 6.45) is 2.66. The fourth-order valence-corrected chi connectivity index (χ4v) is 1.50. The Morgan fingerprint density at radius 2 is 1.93 bits per heavy atom. The predicted octanol–water partition coefficient (Wildman–Crippen LogP) is -0.0286. The molecule has 0 unspecified atom stereocenters. The van der Waals surface area contributed by atoms with E-state index in [4.69, 9.17) is 5.73 Å². The van der Waals surface area contributed by atoms with E-state index in [1.54, 1.807) is 0 Å². The fourth-order valence-electron chi connectivity index (χ4n) is 0.903. The lowest BCUT2D eigenvalue weighted by atomic mass is 10.2. The molecule has 0 aliphatic rings. The van der Waals surface area contributed by atoms with Gasteiger partial charge in [-0.05, 0) is 26.3 Å². The maximum Gasteiger partial charge on any atom is 0.234 e. The zero-order valence-corrected chi connectivity index (χ0v) is 9.27. The summed E-state index contributed by atoms with van der Waals surface area (Å²) in [5.74, 6) is -0.495. The van der Waals surface area contributed by atoms with Crippen LogP contribution in [0.15, 0.2) is 0 Å². The first kappa shape index (κ1) is 13.4. The molecule has 0 rings (SSSR count). The molecule has 0 radical (unpaired) electrons. The van der Waals surface area contributed by atoms with Crippen molar-refractivity contribution in [1.82, 2.24) is 4.72 Å². The van der Waals surface area contributed by atoms with Gasteiger partial charge in [0.15, 0.2) is 0 Å². The summed E-state index contributed by atoms with van der Waals surface area (Å²) in [6, 6.07) is 0. The zero-order chi connectivity index (χ0) is 11.0. The third-order valence-electron chi connectivity index (χ3n) is 1.76. The van der Waals surface area contributed by atoms with E-state index in [-0.39, 0.29) is 12.2 Å². The average molecular weight is 222 g/mol. The van der Waals surface area contributed by atoms with Crippen LogP contribution in [0.3, 0.4) is 0 Å². The number of nitrogens with one attached hydrogen (secondary N) is 1. The highest BCUT2D eigenvalue weighted by Crippen LogP contribution is 1.98. The van der Waals surface area contributed by atoms with Crippen LogP contribution >= 0.6 is 0 Å². The van der Waals surface area contributed by atoms with Gasteiger partial charge in [-0.3, -0.25) is 9.52 Å². The molecular weight excluding hydrogens is 204 g/mol. The monoisotopic (exact) mass is 222 g/mol. The summed E-state index contributed by atoms with van der Waals surface area (Å²) in [5.41, 5.74) is 5.27. The number of carbonyl (C=O) groups is 1. The van der Waals surface area contributed by atoms with Crippen LogP contribution in [0.4, 0.5) is 0 Å². The average Bonchev–Trinajstić information content (AvgIpc) is 2.12. The lowest BCUT2D eigenvalue weighted by molar-refractivity contribution is -0.119. The minimum Gasteiger partial charge on any atom is -0.330 e. The maximum absolute atomic E-state index is 11.1. The lowest BCUT2D eigenvalue weighted by Gasteiger charge is -2.03. The van der Waals surface area contributed by atoms with E-state index >= 15 is 0 Å². The van der Waals surface area contributed by atoms with E-state index in [1.165, 1.54) is 6.92 Å². The minimum absolute atomic E-state index is 0.0679. The van der Waals surface area contributed by atoms with Crippen LogP contribution in [0.25, 0.3) is 0 Å². The quantitative estimate of drug-likeness (QED) is 0.592. The summed E-state index contributed by atoms with van der Waals surface area (Å²) in [5, 5.41) is 0. The van der Waals surface area contributed by atoms with Crippen LogP contribution in [0.1, 0.15) is 32.6 Å². The van der Waals surface area contributed by atoms with E-state index in [9.17, 15) is 13.2 Å². The van der Waals surface area contributed by atoms with E-state index in [2.05, 4.69) is 0 Å². The molecule has 6 heteroatoms. The second-order valence-corrected chi connectivity index (χ2v) is 5.04. The van der Waals surface area contributed by atoms with Gasteiger partial charge in [-0.15, -0.1) is 0 Å². The van der Waals surface area contributed by atoms with Gasteiger partial charge in [-0.25, -0.2) is 8.42 Å². The molecule has 0 aromatic rings. The van der Waals surface area contributed by atoms with Crippen LogP contribution in [0.5, 0.6) is 0 Å². The van der Waals surface area contributed by atoms with Crippen molar-refractivity contribution >= 4 is 15.9 Å². The molecule has 5 nitrogen and oxygen atoms in total. The summed E-state index contributed by atoms with van der Waals surface area (Å²) < 4.78 is 23.9. The van der Waals surface area contributed by atoms with Gasteiger partial charge in [0.2, 0.25) is 15.9 Å². The van der Waals surface area contributed by atoms with Gasteiger partial charge < -0.3 is 5.73 Å². The third kappa shape index (κ3) is 6.85. The summed E-state index contributed by atoms with van der Waals surface area (Å²) in [6.45, 7) is 2.10. The van der Waals surface area contributed by atoms with Crippen LogP contribution in [-0.2, 0) is 14.8 Å². The smallest absolute Gasteiger partial charge is 0.234 e. The summed E-state index contributed by atoms with van der Waals surface area (Å²) in [4.78, 5) is 11.1. The Hall–Kier alpha value is -0.620. The molecule has 0 aliphatic heterocycles. The van der Waals surface area contributed by atoms with Gasteiger partial charge in [-0.1, -0.05) is 6.42 Å². The molecule has 14 heavy (non-hydrogen) atoms. The van der Waals surface area contributed by atoms with Crippen molar-refractivity contribution in [2.75, 3.05) is 12.3 Å². The van der Waals surface area contributed by atoms with Crippen molar-refractivity contribution in [1.29, 1.82) is 0 Å². The molecule has 0 saturated heterocycles. The Kier molecular flexibility index (Phi) is 6.48. The molecule has 0 saturated carbocycles. The van der Waals surface area contributed by atoms with Crippen molar-refractivity contribution in [2.45, 2.75) is 32.6 Å².